The second-order valence-corrected chi connectivity index (χ2v) is 6.57. The lowest BCUT2D eigenvalue weighted by atomic mass is 10.1. The maximum Gasteiger partial charge on any atom is 0.251 e. The van der Waals surface area contributed by atoms with Crippen molar-refractivity contribution in [2.45, 2.75) is 12.8 Å². The molecule has 1 aliphatic heterocycles. The van der Waals surface area contributed by atoms with Gasteiger partial charge in [0.25, 0.3) is 5.91 Å². The highest BCUT2D eigenvalue weighted by Gasteiger charge is 2.10. The van der Waals surface area contributed by atoms with Crippen molar-refractivity contribution in [3.05, 3.63) is 64.7 Å². The van der Waals surface area contributed by atoms with Gasteiger partial charge in [0.05, 0.1) is 13.2 Å². The molecule has 0 unspecified atom stereocenters. The average Bonchev–Trinajstić information content (AvgIpc) is 2.67. The summed E-state index contributed by atoms with van der Waals surface area (Å²) in [5, 5.41) is 3.58. The summed E-state index contributed by atoms with van der Waals surface area (Å²) >= 11 is 5.83. The number of nitrogens with one attached hydrogen (secondary N) is 1. The van der Waals surface area contributed by atoms with Crippen LogP contribution in [0.1, 0.15) is 22.3 Å². The van der Waals surface area contributed by atoms with Gasteiger partial charge in [-0.3, -0.25) is 4.79 Å². The predicted octanol–water partition coefficient (Wildman–Crippen LogP) is 3.54. The van der Waals surface area contributed by atoms with E-state index in [0.29, 0.717) is 17.1 Å². The largest absolute Gasteiger partial charge is 0.378 e. The molecule has 1 N–H and O–H groups in total. The zero-order valence-electron chi connectivity index (χ0n) is 14.2. The summed E-state index contributed by atoms with van der Waals surface area (Å²) in [5.74, 6) is -0.0562. The second kappa shape index (κ2) is 8.88. The van der Waals surface area contributed by atoms with E-state index in [1.54, 1.807) is 24.3 Å². The molecule has 1 saturated heterocycles. The Labute approximate surface area is 153 Å². The molecule has 1 amide bonds. The number of aryl methyl sites for hydroxylation is 1. The van der Waals surface area contributed by atoms with Crippen LogP contribution in [0.25, 0.3) is 0 Å². The van der Waals surface area contributed by atoms with Gasteiger partial charge >= 0.3 is 0 Å². The zero-order chi connectivity index (χ0) is 17.5. The van der Waals surface area contributed by atoms with Crippen LogP contribution in [0.15, 0.2) is 48.5 Å². The number of rotatable bonds is 6. The Morgan fingerprint density at radius 2 is 1.72 bits per heavy atom. The van der Waals surface area contributed by atoms with Crippen LogP contribution in [0, 0.1) is 0 Å². The number of amides is 1. The fourth-order valence-electron chi connectivity index (χ4n) is 2.89. The highest BCUT2D eigenvalue weighted by Crippen LogP contribution is 2.17. The first-order valence-corrected chi connectivity index (χ1v) is 9.05. The minimum atomic E-state index is -0.0562. The highest BCUT2D eigenvalue weighted by atomic mass is 35.5. The fourth-order valence-corrected chi connectivity index (χ4v) is 3.02. The SMILES string of the molecule is O=C(NCCCc1ccc(N2CCOCC2)cc1)c1ccc(Cl)cc1. The molecule has 1 aliphatic rings. The minimum absolute atomic E-state index is 0.0562. The van der Waals surface area contributed by atoms with Gasteiger partial charge in [0.2, 0.25) is 0 Å². The number of hydrogen-bond acceptors (Lipinski definition) is 3. The molecule has 0 atom stereocenters. The first kappa shape index (κ1) is 17.8. The van der Waals surface area contributed by atoms with E-state index in [1.807, 2.05) is 0 Å². The molecule has 4 nitrogen and oxygen atoms in total. The molecule has 0 aromatic heterocycles. The van der Waals surface area contributed by atoms with E-state index in [9.17, 15) is 4.79 Å². The number of carbonyl (C=O) groups is 1. The van der Waals surface area contributed by atoms with Crippen molar-refractivity contribution in [3.8, 4) is 0 Å². The normalized spacial score (nSPS) is 14.4. The Balaban J connectivity index is 1.41. The molecule has 2 aromatic rings. The van der Waals surface area contributed by atoms with Crippen molar-refractivity contribution in [3.63, 3.8) is 0 Å². The summed E-state index contributed by atoms with van der Waals surface area (Å²) in [6, 6.07) is 15.6. The summed E-state index contributed by atoms with van der Waals surface area (Å²) in [6.45, 7) is 4.17. The Bertz CT molecular complexity index is 680. The Morgan fingerprint density at radius 1 is 1.04 bits per heavy atom. The van der Waals surface area contributed by atoms with Crippen molar-refractivity contribution < 1.29 is 9.53 Å². The molecule has 5 heteroatoms. The lowest BCUT2D eigenvalue weighted by Gasteiger charge is -2.28. The monoisotopic (exact) mass is 358 g/mol. The number of carbonyl (C=O) groups excluding carboxylic acids is 1. The van der Waals surface area contributed by atoms with Gasteiger partial charge in [0.1, 0.15) is 0 Å². The quantitative estimate of drug-likeness (QED) is 0.803. The lowest BCUT2D eigenvalue weighted by Crippen LogP contribution is -2.36. The number of benzene rings is 2. The molecule has 2 aromatic carbocycles. The third-order valence-electron chi connectivity index (χ3n) is 4.35. The maximum absolute atomic E-state index is 12.0. The van der Waals surface area contributed by atoms with E-state index in [2.05, 4.69) is 34.5 Å². The standard InChI is InChI=1S/C20H23ClN2O2/c21-18-7-5-17(6-8-18)20(24)22-11-1-2-16-3-9-19(10-4-16)23-12-14-25-15-13-23/h3-10H,1-2,11-15H2,(H,22,24). The second-order valence-electron chi connectivity index (χ2n) is 6.13. The summed E-state index contributed by atoms with van der Waals surface area (Å²) in [4.78, 5) is 14.4. The van der Waals surface area contributed by atoms with Crippen LogP contribution in [0.4, 0.5) is 5.69 Å². The van der Waals surface area contributed by atoms with Gasteiger partial charge in [-0.15, -0.1) is 0 Å². The Morgan fingerprint density at radius 3 is 2.40 bits per heavy atom. The Hall–Kier alpha value is -2.04. The number of hydrogen-bond donors (Lipinski definition) is 1. The zero-order valence-corrected chi connectivity index (χ0v) is 15.0. The number of morpholine rings is 1. The van der Waals surface area contributed by atoms with Crippen molar-refractivity contribution in [2.24, 2.45) is 0 Å². The topological polar surface area (TPSA) is 41.6 Å². The molecule has 1 heterocycles. The molecule has 25 heavy (non-hydrogen) atoms. The minimum Gasteiger partial charge on any atom is -0.378 e. The molecule has 0 saturated carbocycles. The van der Waals surface area contributed by atoms with E-state index in [1.165, 1.54) is 11.3 Å². The molecule has 0 aliphatic carbocycles. The number of nitrogens with zero attached hydrogens (tertiary/aromatic N) is 1. The first-order valence-electron chi connectivity index (χ1n) is 8.68. The molecule has 1 fully saturated rings. The van der Waals surface area contributed by atoms with Crippen LogP contribution < -0.4 is 10.2 Å². The number of ether oxygens (including phenoxy) is 1. The lowest BCUT2D eigenvalue weighted by molar-refractivity contribution is 0.0953. The van der Waals surface area contributed by atoms with E-state index in [0.717, 1.165) is 39.1 Å². The first-order chi connectivity index (χ1) is 12.2. The van der Waals surface area contributed by atoms with Crippen LogP contribution in [0.5, 0.6) is 0 Å². The molecule has 132 valence electrons. The van der Waals surface area contributed by atoms with Crippen LogP contribution in [-0.4, -0.2) is 38.8 Å². The third-order valence-corrected chi connectivity index (χ3v) is 4.60. The summed E-state index contributed by atoms with van der Waals surface area (Å²) in [6.07, 6.45) is 1.86. The van der Waals surface area contributed by atoms with Gasteiger partial charge < -0.3 is 15.0 Å². The van der Waals surface area contributed by atoms with Gasteiger partial charge in [0.15, 0.2) is 0 Å². The number of anilines is 1. The highest BCUT2D eigenvalue weighted by molar-refractivity contribution is 6.30. The maximum atomic E-state index is 12.0. The summed E-state index contributed by atoms with van der Waals surface area (Å²) < 4.78 is 5.38. The van der Waals surface area contributed by atoms with Crippen LogP contribution in [0.3, 0.4) is 0 Å². The molecule has 0 bridgehead atoms. The van der Waals surface area contributed by atoms with Gasteiger partial charge in [0, 0.05) is 35.9 Å². The molecular formula is C20H23ClN2O2. The van der Waals surface area contributed by atoms with Crippen LogP contribution in [0.2, 0.25) is 5.02 Å². The van der Waals surface area contributed by atoms with E-state index in [-0.39, 0.29) is 5.91 Å². The average molecular weight is 359 g/mol. The number of halogens is 1. The van der Waals surface area contributed by atoms with Crippen molar-refractivity contribution >= 4 is 23.2 Å². The fraction of sp³-hybridized carbons (Fsp3) is 0.350. The van der Waals surface area contributed by atoms with Crippen molar-refractivity contribution in [1.82, 2.24) is 5.32 Å². The summed E-state index contributed by atoms with van der Waals surface area (Å²) in [5.41, 5.74) is 3.18. The van der Waals surface area contributed by atoms with Gasteiger partial charge in [-0.05, 0) is 54.8 Å². The van der Waals surface area contributed by atoms with Crippen molar-refractivity contribution in [2.75, 3.05) is 37.7 Å². The van der Waals surface area contributed by atoms with Crippen molar-refractivity contribution in [1.29, 1.82) is 0 Å². The molecule has 3 rings (SSSR count). The van der Waals surface area contributed by atoms with Gasteiger partial charge in [-0.25, -0.2) is 0 Å². The van der Waals surface area contributed by atoms with E-state index >= 15 is 0 Å². The third kappa shape index (κ3) is 5.21. The predicted molar refractivity (Wildman–Crippen MR) is 102 cm³/mol. The molecule has 0 radical (unpaired) electrons. The Kier molecular flexibility index (Phi) is 6.31. The summed E-state index contributed by atoms with van der Waals surface area (Å²) in [7, 11) is 0. The van der Waals surface area contributed by atoms with Gasteiger partial charge in [-0.1, -0.05) is 23.7 Å². The van der Waals surface area contributed by atoms with Crippen LogP contribution >= 0.6 is 11.6 Å². The molecular weight excluding hydrogens is 336 g/mol. The van der Waals surface area contributed by atoms with Crippen LogP contribution in [-0.2, 0) is 11.2 Å². The smallest absolute Gasteiger partial charge is 0.251 e. The van der Waals surface area contributed by atoms with E-state index in [4.69, 9.17) is 16.3 Å². The van der Waals surface area contributed by atoms with Gasteiger partial charge in [-0.2, -0.15) is 0 Å². The molecule has 0 spiro atoms. The van der Waals surface area contributed by atoms with E-state index < -0.39 is 0 Å².